The van der Waals surface area contributed by atoms with E-state index < -0.39 is 6.17 Å². The maximum absolute atomic E-state index is 12.9. The summed E-state index contributed by atoms with van der Waals surface area (Å²) in [5.41, 5.74) is 6.33. The third-order valence-corrected chi connectivity index (χ3v) is 4.90. The number of ether oxygens (including phenoxy) is 1. The number of hydrogen-bond acceptors (Lipinski definition) is 5. The minimum Gasteiger partial charge on any atom is -0.393 e. The number of nitrogens with zero attached hydrogens (tertiary/aromatic N) is 2. The van der Waals surface area contributed by atoms with E-state index in [0.29, 0.717) is 17.4 Å². The monoisotopic (exact) mass is 408 g/mol. The van der Waals surface area contributed by atoms with Crippen LogP contribution in [0.2, 0.25) is 0 Å². The van der Waals surface area contributed by atoms with Gasteiger partial charge in [0.1, 0.15) is 17.7 Å². The van der Waals surface area contributed by atoms with Crippen molar-refractivity contribution < 1.29 is 9.13 Å². The zero-order valence-electron chi connectivity index (χ0n) is 16.4. The smallest absolute Gasteiger partial charge is 0.155 e. The molecule has 3 unspecified atom stereocenters. The minimum absolute atomic E-state index is 0.0645. The molecule has 26 heavy (non-hydrogen) atoms. The highest BCUT2D eigenvalue weighted by atomic mass is 35.5. The molecule has 8 heteroatoms. The molecular weight excluding hydrogens is 375 g/mol. The van der Waals surface area contributed by atoms with Crippen molar-refractivity contribution in [2.75, 3.05) is 18.2 Å². The molecule has 3 N–H and O–H groups in total. The number of amidine groups is 1. The molecule has 0 saturated heterocycles. The predicted octanol–water partition coefficient (Wildman–Crippen LogP) is 4.46. The van der Waals surface area contributed by atoms with Gasteiger partial charge in [0.2, 0.25) is 0 Å². The predicted molar refractivity (Wildman–Crippen MR) is 114 cm³/mol. The number of aliphatic imine (C=N–C) groups is 2. The van der Waals surface area contributed by atoms with Gasteiger partial charge in [-0.1, -0.05) is 32.4 Å². The zero-order valence-corrected chi connectivity index (χ0v) is 18.0. The van der Waals surface area contributed by atoms with Gasteiger partial charge in [0.05, 0.1) is 18.6 Å². The average molecular weight is 409 g/mol. The van der Waals surface area contributed by atoms with Crippen LogP contribution in [0.3, 0.4) is 0 Å². The first-order valence-corrected chi connectivity index (χ1v) is 10.8. The lowest BCUT2D eigenvalue weighted by atomic mass is 10.2. The molecule has 1 fully saturated rings. The van der Waals surface area contributed by atoms with Gasteiger partial charge in [-0.15, -0.1) is 11.8 Å². The number of nitrogens with one attached hydrogen (secondary N) is 1. The van der Waals surface area contributed by atoms with E-state index in [9.17, 15) is 4.39 Å². The second kappa shape index (κ2) is 15.3. The van der Waals surface area contributed by atoms with Gasteiger partial charge < -0.3 is 15.8 Å². The Morgan fingerprint density at radius 1 is 1.46 bits per heavy atom. The van der Waals surface area contributed by atoms with Crippen molar-refractivity contribution in [3.63, 3.8) is 0 Å². The Kier molecular flexibility index (Phi) is 14.8. The lowest BCUT2D eigenvalue weighted by Crippen LogP contribution is -2.37. The largest absolute Gasteiger partial charge is 0.393 e. The first kappa shape index (κ1) is 25.2. The topological polar surface area (TPSA) is 72.0 Å². The van der Waals surface area contributed by atoms with Crippen molar-refractivity contribution in [2.45, 2.75) is 71.7 Å². The Morgan fingerprint density at radius 2 is 2.15 bits per heavy atom. The fraction of sp³-hybridized carbons (Fsp3) is 0.778. The summed E-state index contributed by atoms with van der Waals surface area (Å²) in [5, 5.41) is 3.47. The highest BCUT2D eigenvalue weighted by Gasteiger charge is 2.27. The molecule has 0 heterocycles. The number of hydrogen-bond donors (Lipinski definition) is 2. The van der Waals surface area contributed by atoms with Gasteiger partial charge in [-0.25, -0.2) is 4.39 Å². The summed E-state index contributed by atoms with van der Waals surface area (Å²) >= 11 is 7.71. The molecule has 0 amide bonds. The third-order valence-electron chi connectivity index (χ3n) is 3.57. The van der Waals surface area contributed by atoms with Crippen molar-refractivity contribution >= 4 is 35.9 Å². The third kappa shape index (κ3) is 10.4. The fourth-order valence-electron chi connectivity index (χ4n) is 2.40. The van der Waals surface area contributed by atoms with Crippen LogP contribution in [0.4, 0.5) is 4.39 Å². The van der Waals surface area contributed by atoms with E-state index >= 15 is 0 Å². The average Bonchev–Trinajstić information content (AvgIpc) is 3.10. The molecule has 1 rings (SSSR count). The van der Waals surface area contributed by atoms with Crippen LogP contribution in [0.25, 0.3) is 0 Å². The van der Waals surface area contributed by atoms with Gasteiger partial charge in [0.15, 0.2) is 5.16 Å². The van der Waals surface area contributed by atoms with E-state index in [4.69, 9.17) is 22.1 Å². The minimum atomic E-state index is -0.944. The summed E-state index contributed by atoms with van der Waals surface area (Å²) in [6, 6.07) is 0.174. The number of alkyl halides is 1. The molecule has 0 aromatic carbocycles. The van der Waals surface area contributed by atoms with Crippen LogP contribution in [-0.4, -0.2) is 49.1 Å². The summed E-state index contributed by atoms with van der Waals surface area (Å²) in [6.45, 7) is 11.2. The summed E-state index contributed by atoms with van der Waals surface area (Å²) in [5.74, 6) is 2.18. The maximum atomic E-state index is 12.9. The number of halogens is 2. The van der Waals surface area contributed by atoms with Gasteiger partial charge in [0, 0.05) is 6.04 Å². The Labute approximate surface area is 167 Å². The SMILES string of the molecule is C=N/C(Cl)=C(N)\C(=N/CSCCC)NC1CCC(OCC(C)F)C1.CC. The van der Waals surface area contributed by atoms with Crippen LogP contribution in [0.1, 0.15) is 53.4 Å². The molecular formula is C18H34ClFN4OS. The quantitative estimate of drug-likeness (QED) is 0.242. The van der Waals surface area contributed by atoms with Crippen LogP contribution < -0.4 is 11.1 Å². The van der Waals surface area contributed by atoms with Crippen molar-refractivity contribution in [3.8, 4) is 0 Å². The molecule has 5 nitrogen and oxygen atoms in total. The van der Waals surface area contributed by atoms with Gasteiger partial charge in [-0.2, -0.15) is 0 Å². The Hall–Kier alpha value is -0.790. The summed E-state index contributed by atoms with van der Waals surface area (Å²) in [6.07, 6.45) is 2.81. The second-order valence-corrected chi connectivity index (χ2v) is 7.23. The highest BCUT2D eigenvalue weighted by molar-refractivity contribution is 7.99. The van der Waals surface area contributed by atoms with E-state index in [1.165, 1.54) is 6.92 Å². The van der Waals surface area contributed by atoms with Gasteiger partial charge in [-0.3, -0.25) is 9.98 Å². The van der Waals surface area contributed by atoms with E-state index in [1.54, 1.807) is 11.8 Å². The maximum Gasteiger partial charge on any atom is 0.155 e. The molecule has 1 aliphatic carbocycles. The Balaban J connectivity index is 0.00000301. The van der Waals surface area contributed by atoms with Gasteiger partial charge in [0.25, 0.3) is 0 Å². The summed E-state index contributed by atoms with van der Waals surface area (Å²) < 4.78 is 18.4. The van der Waals surface area contributed by atoms with Gasteiger partial charge in [-0.05, 0) is 45.1 Å². The summed E-state index contributed by atoms with van der Waals surface area (Å²) in [4.78, 5) is 8.17. The van der Waals surface area contributed by atoms with Crippen molar-refractivity contribution in [1.82, 2.24) is 5.32 Å². The van der Waals surface area contributed by atoms with Crippen LogP contribution >= 0.6 is 23.4 Å². The molecule has 1 saturated carbocycles. The molecule has 1 aliphatic rings. The lowest BCUT2D eigenvalue weighted by Gasteiger charge is -2.18. The van der Waals surface area contributed by atoms with Crippen LogP contribution in [0.5, 0.6) is 0 Å². The van der Waals surface area contributed by atoms with Crippen molar-refractivity contribution in [2.24, 2.45) is 15.7 Å². The Morgan fingerprint density at radius 3 is 2.73 bits per heavy atom. The first-order valence-electron chi connectivity index (χ1n) is 9.24. The molecule has 0 radical (unpaired) electrons. The van der Waals surface area contributed by atoms with Crippen molar-refractivity contribution in [1.29, 1.82) is 0 Å². The van der Waals surface area contributed by atoms with E-state index in [1.807, 2.05) is 13.8 Å². The number of rotatable bonds is 10. The molecule has 0 aromatic rings. The molecule has 0 spiro atoms. The molecule has 0 aliphatic heterocycles. The molecule has 152 valence electrons. The highest BCUT2D eigenvalue weighted by Crippen LogP contribution is 2.23. The van der Waals surface area contributed by atoms with Crippen LogP contribution in [-0.2, 0) is 4.74 Å². The number of nitrogens with two attached hydrogens (primary N) is 1. The molecule has 0 aromatic heterocycles. The normalized spacial score (nSPS) is 22.2. The second-order valence-electron chi connectivity index (χ2n) is 5.80. The molecule has 3 atom stereocenters. The van der Waals surface area contributed by atoms with E-state index in [0.717, 1.165) is 31.4 Å². The van der Waals surface area contributed by atoms with Crippen LogP contribution in [0.15, 0.2) is 20.8 Å². The Bertz CT molecular complexity index is 460. The zero-order chi connectivity index (χ0) is 19.9. The molecule has 0 bridgehead atoms. The fourth-order valence-corrected chi connectivity index (χ4v) is 3.12. The first-order chi connectivity index (χ1) is 12.5. The van der Waals surface area contributed by atoms with E-state index in [2.05, 4.69) is 28.9 Å². The van der Waals surface area contributed by atoms with Crippen LogP contribution in [0, 0.1) is 0 Å². The number of thioether (sulfide) groups is 1. The van der Waals surface area contributed by atoms with Gasteiger partial charge >= 0.3 is 0 Å². The summed E-state index contributed by atoms with van der Waals surface area (Å²) in [7, 11) is 0. The standard InChI is InChI=1S/C16H28ClFN4OS.C2H6/c1-4-7-24-10-21-16(14(19)15(17)20-3)22-12-5-6-13(8-12)23-9-11(2)18;1-2/h11-13H,3-10,19H2,1-2H3,(H,21,22);1-2H3/b15-14+;. The van der Waals surface area contributed by atoms with Crippen molar-refractivity contribution in [3.05, 3.63) is 10.9 Å². The lowest BCUT2D eigenvalue weighted by molar-refractivity contribution is 0.0263. The van der Waals surface area contributed by atoms with E-state index in [-0.39, 0.29) is 23.9 Å².